The molecule has 0 saturated carbocycles. The summed E-state index contributed by atoms with van der Waals surface area (Å²) < 4.78 is 24.7. The molecule has 2 aromatic heterocycles. The van der Waals surface area contributed by atoms with E-state index in [0.29, 0.717) is 16.9 Å². The summed E-state index contributed by atoms with van der Waals surface area (Å²) in [5, 5.41) is 0.702. The Balaban J connectivity index is 2.01. The van der Waals surface area contributed by atoms with Crippen LogP contribution in [0.25, 0.3) is 11.0 Å². The highest BCUT2D eigenvalue weighted by atomic mass is 19.1. The first-order valence-electron chi connectivity index (χ1n) is 6.21. The van der Waals surface area contributed by atoms with E-state index in [2.05, 4.69) is 0 Å². The summed E-state index contributed by atoms with van der Waals surface area (Å²) in [6, 6.07) is 9.74. The van der Waals surface area contributed by atoms with Crippen LogP contribution in [-0.4, -0.2) is 0 Å². The van der Waals surface area contributed by atoms with E-state index in [9.17, 15) is 4.39 Å². The van der Waals surface area contributed by atoms with Crippen LogP contribution in [-0.2, 0) is 6.42 Å². The Bertz CT molecular complexity index is 714. The Hall–Kier alpha value is -2.07. The number of halogens is 1. The average molecular weight is 259 g/mol. The predicted molar refractivity (Wildman–Crippen MR) is 70.3 cm³/mol. The van der Waals surface area contributed by atoms with Crippen molar-refractivity contribution in [3.05, 3.63) is 59.5 Å². The highest BCUT2D eigenvalue weighted by Gasteiger charge is 2.18. The molecule has 0 aliphatic heterocycles. The lowest BCUT2D eigenvalue weighted by molar-refractivity contribution is 0.420. The SMILES string of the molecule is CCc1ccc(C(N)c2cc3cccc(F)c3o2)o1. The highest BCUT2D eigenvalue weighted by Crippen LogP contribution is 2.29. The van der Waals surface area contributed by atoms with Crippen molar-refractivity contribution in [2.45, 2.75) is 19.4 Å². The Labute approximate surface area is 109 Å². The molecule has 19 heavy (non-hydrogen) atoms. The van der Waals surface area contributed by atoms with Gasteiger partial charge >= 0.3 is 0 Å². The molecule has 0 aliphatic carbocycles. The zero-order valence-electron chi connectivity index (χ0n) is 10.5. The Kier molecular flexibility index (Phi) is 2.87. The van der Waals surface area contributed by atoms with Crippen LogP contribution in [0.15, 0.2) is 45.2 Å². The molecule has 2 heterocycles. The van der Waals surface area contributed by atoms with Crippen molar-refractivity contribution < 1.29 is 13.2 Å². The maximum absolute atomic E-state index is 13.6. The molecule has 4 heteroatoms. The molecule has 0 fully saturated rings. The number of hydrogen-bond acceptors (Lipinski definition) is 3. The fraction of sp³-hybridized carbons (Fsp3) is 0.200. The zero-order chi connectivity index (χ0) is 13.4. The minimum Gasteiger partial charge on any atom is -0.464 e. The molecule has 3 nitrogen and oxygen atoms in total. The molecule has 0 bridgehead atoms. The van der Waals surface area contributed by atoms with Crippen molar-refractivity contribution in [1.82, 2.24) is 0 Å². The molecule has 3 aromatic rings. The van der Waals surface area contributed by atoms with Gasteiger partial charge in [-0.05, 0) is 24.3 Å². The number of rotatable bonds is 3. The molecule has 2 N–H and O–H groups in total. The van der Waals surface area contributed by atoms with Crippen LogP contribution in [0.5, 0.6) is 0 Å². The van der Waals surface area contributed by atoms with Gasteiger partial charge in [-0.3, -0.25) is 0 Å². The predicted octanol–water partition coefficient (Wildman–Crippen LogP) is 3.78. The van der Waals surface area contributed by atoms with E-state index in [1.165, 1.54) is 6.07 Å². The van der Waals surface area contributed by atoms with E-state index in [0.717, 1.165) is 12.2 Å². The monoisotopic (exact) mass is 259 g/mol. The van der Waals surface area contributed by atoms with Gasteiger partial charge in [0.1, 0.15) is 23.3 Å². The van der Waals surface area contributed by atoms with Crippen molar-refractivity contribution >= 4 is 11.0 Å². The van der Waals surface area contributed by atoms with E-state index >= 15 is 0 Å². The third kappa shape index (κ3) is 2.04. The number of hydrogen-bond donors (Lipinski definition) is 1. The first-order chi connectivity index (χ1) is 9.19. The lowest BCUT2D eigenvalue weighted by Gasteiger charge is -2.04. The van der Waals surface area contributed by atoms with Crippen LogP contribution in [0.4, 0.5) is 4.39 Å². The van der Waals surface area contributed by atoms with Crippen molar-refractivity contribution in [2.75, 3.05) is 0 Å². The van der Waals surface area contributed by atoms with Gasteiger partial charge in [0.25, 0.3) is 0 Å². The second-order valence-corrected chi connectivity index (χ2v) is 4.44. The Morgan fingerprint density at radius 2 is 2.00 bits per heavy atom. The lowest BCUT2D eigenvalue weighted by Crippen LogP contribution is -2.09. The van der Waals surface area contributed by atoms with Crippen molar-refractivity contribution in [1.29, 1.82) is 0 Å². The fourth-order valence-corrected chi connectivity index (χ4v) is 2.09. The Morgan fingerprint density at radius 3 is 2.68 bits per heavy atom. The third-order valence-corrected chi connectivity index (χ3v) is 3.16. The fourth-order valence-electron chi connectivity index (χ4n) is 2.09. The summed E-state index contributed by atoms with van der Waals surface area (Å²) in [7, 11) is 0. The average Bonchev–Trinajstić information content (AvgIpc) is 3.05. The van der Waals surface area contributed by atoms with E-state index in [4.69, 9.17) is 14.6 Å². The molecule has 0 aliphatic rings. The van der Waals surface area contributed by atoms with Gasteiger partial charge in [0.05, 0.1) is 0 Å². The van der Waals surface area contributed by atoms with Gasteiger partial charge in [-0.1, -0.05) is 19.1 Å². The largest absolute Gasteiger partial charge is 0.464 e. The van der Waals surface area contributed by atoms with Gasteiger partial charge in [0.15, 0.2) is 11.4 Å². The molecule has 0 saturated heterocycles. The first kappa shape index (κ1) is 12.0. The summed E-state index contributed by atoms with van der Waals surface area (Å²) in [4.78, 5) is 0. The van der Waals surface area contributed by atoms with Crippen LogP contribution in [0.1, 0.15) is 30.2 Å². The van der Waals surface area contributed by atoms with Gasteiger partial charge in [0.2, 0.25) is 0 Å². The second-order valence-electron chi connectivity index (χ2n) is 4.44. The first-order valence-corrected chi connectivity index (χ1v) is 6.21. The maximum Gasteiger partial charge on any atom is 0.169 e. The lowest BCUT2D eigenvalue weighted by atomic mass is 10.1. The highest BCUT2D eigenvalue weighted by molar-refractivity contribution is 5.78. The molecule has 98 valence electrons. The molecule has 0 spiro atoms. The third-order valence-electron chi connectivity index (χ3n) is 3.16. The van der Waals surface area contributed by atoms with Gasteiger partial charge in [0, 0.05) is 11.8 Å². The summed E-state index contributed by atoms with van der Waals surface area (Å²) in [5.41, 5.74) is 6.32. The van der Waals surface area contributed by atoms with Crippen LogP contribution in [0.3, 0.4) is 0 Å². The van der Waals surface area contributed by atoms with Crippen molar-refractivity contribution in [3.8, 4) is 0 Å². The van der Waals surface area contributed by atoms with E-state index in [1.807, 2.05) is 19.1 Å². The van der Waals surface area contributed by atoms with E-state index in [1.54, 1.807) is 18.2 Å². The summed E-state index contributed by atoms with van der Waals surface area (Å²) >= 11 is 0. The number of para-hydroxylation sites is 1. The van der Waals surface area contributed by atoms with Crippen LogP contribution in [0, 0.1) is 5.82 Å². The number of furan rings is 2. The molecule has 1 atom stereocenters. The zero-order valence-corrected chi connectivity index (χ0v) is 10.5. The number of benzene rings is 1. The minimum absolute atomic E-state index is 0.232. The smallest absolute Gasteiger partial charge is 0.169 e. The quantitative estimate of drug-likeness (QED) is 0.778. The van der Waals surface area contributed by atoms with Crippen molar-refractivity contribution in [2.24, 2.45) is 5.73 Å². The maximum atomic E-state index is 13.6. The molecule has 3 rings (SSSR count). The molecule has 1 aromatic carbocycles. The molecular weight excluding hydrogens is 245 g/mol. The Morgan fingerprint density at radius 1 is 1.16 bits per heavy atom. The van der Waals surface area contributed by atoms with Crippen molar-refractivity contribution in [3.63, 3.8) is 0 Å². The molecular formula is C15H14FNO2. The van der Waals surface area contributed by atoms with Gasteiger partial charge < -0.3 is 14.6 Å². The molecule has 0 amide bonds. The summed E-state index contributed by atoms with van der Waals surface area (Å²) in [5.74, 6) is 1.60. The van der Waals surface area contributed by atoms with Gasteiger partial charge in [-0.2, -0.15) is 0 Å². The van der Waals surface area contributed by atoms with Crippen LogP contribution < -0.4 is 5.73 Å². The van der Waals surface area contributed by atoms with Gasteiger partial charge in [-0.15, -0.1) is 0 Å². The van der Waals surface area contributed by atoms with Gasteiger partial charge in [-0.25, -0.2) is 4.39 Å². The minimum atomic E-state index is -0.521. The van der Waals surface area contributed by atoms with E-state index < -0.39 is 6.04 Å². The number of fused-ring (bicyclic) bond motifs is 1. The summed E-state index contributed by atoms with van der Waals surface area (Å²) in [6.45, 7) is 2.00. The van der Waals surface area contributed by atoms with Crippen LogP contribution >= 0.6 is 0 Å². The normalized spacial score (nSPS) is 13.0. The standard InChI is InChI=1S/C15H14FNO2/c1-2-10-6-7-12(18-10)14(17)13-8-9-4-3-5-11(16)15(9)19-13/h3-8,14H,2,17H2,1H3. The number of aryl methyl sites for hydroxylation is 1. The number of nitrogens with two attached hydrogens (primary N) is 1. The van der Waals surface area contributed by atoms with E-state index in [-0.39, 0.29) is 11.4 Å². The molecule has 1 unspecified atom stereocenters. The second kappa shape index (κ2) is 4.55. The summed E-state index contributed by atoms with van der Waals surface area (Å²) in [6.07, 6.45) is 0.807. The molecule has 0 radical (unpaired) electrons. The topological polar surface area (TPSA) is 52.3 Å². The van der Waals surface area contributed by atoms with Crippen LogP contribution in [0.2, 0.25) is 0 Å².